The van der Waals surface area contributed by atoms with E-state index in [1.54, 1.807) is 36.2 Å². The largest absolute Gasteiger partial charge is 0.394 e. The number of aliphatic hydroxyl groups excluding tert-OH is 1. The molecule has 182 valence electrons. The zero-order valence-corrected chi connectivity index (χ0v) is 20.4. The van der Waals surface area contributed by atoms with Gasteiger partial charge in [0.1, 0.15) is 5.69 Å². The van der Waals surface area contributed by atoms with Gasteiger partial charge in [0.15, 0.2) is 15.5 Å². The van der Waals surface area contributed by atoms with Crippen molar-refractivity contribution < 1.29 is 23.1 Å². The van der Waals surface area contributed by atoms with E-state index in [-0.39, 0.29) is 30.0 Å². The van der Waals surface area contributed by atoms with Crippen LogP contribution in [0.1, 0.15) is 63.8 Å². The highest BCUT2D eigenvalue weighted by molar-refractivity contribution is 7.94. The van der Waals surface area contributed by atoms with Gasteiger partial charge in [0, 0.05) is 30.7 Å². The Bertz CT molecular complexity index is 1250. The van der Waals surface area contributed by atoms with E-state index in [1.807, 2.05) is 0 Å². The number of aliphatic hydroxyl groups is 1. The molecule has 34 heavy (non-hydrogen) atoms. The Kier molecular flexibility index (Phi) is 5.73. The van der Waals surface area contributed by atoms with Crippen molar-refractivity contribution in [1.82, 2.24) is 20.0 Å². The van der Waals surface area contributed by atoms with Crippen molar-refractivity contribution in [3.63, 3.8) is 0 Å². The maximum absolute atomic E-state index is 13.3. The molecule has 9 nitrogen and oxygen atoms in total. The molecule has 1 atom stereocenters. The van der Waals surface area contributed by atoms with E-state index in [0.717, 1.165) is 0 Å². The van der Waals surface area contributed by atoms with Gasteiger partial charge in [-0.25, -0.2) is 8.42 Å². The van der Waals surface area contributed by atoms with Crippen LogP contribution in [-0.4, -0.2) is 69.7 Å². The summed E-state index contributed by atoms with van der Waals surface area (Å²) in [4.78, 5) is 28.0. The van der Waals surface area contributed by atoms with E-state index >= 15 is 0 Å². The fourth-order valence-electron chi connectivity index (χ4n) is 4.81. The SMILES string of the molecule is Cn1nc(C(=O)NC(CO)c2ccc(Cl)cc2)c2c1C(=O)N(CC1(S(=O)(=O)C3CC3)CC1)CC2. The van der Waals surface area contributed by atoms with Crippen LogP contribution in [0.2, 0.25) is 5.02 Å². The predicted molar refractivity (Wildman–Crippen MR) is 125 cm³/mol. The first-order valence-electron chi connectivity index (χ1n) is 11.4. The highest BCUT2D eigenvalue weighted by atomic mass is 35.5. The molecule has 2 aromatic rings. The summed E-state index contributed by atoms with van der Waals surface area (Å²) in [5.74, 6) is -0.786. The topological polar surface area (TPSA) is 122 Å². The molecule has 1 aromatic carbocycles. The third-order valence-electron chi connectivity index (χ3n) is 7.10. The fraction of sp³-hybridized carbons (Fsp3) is 0.522. The van der Waals surface area contributed by atoms with Crippen LogP contribution in [0.25, 0.3) is 0 Å². The van der Waals surface area contributed by atoms with E-state index in [4.69, 9.17) is 11.6 Å². The second kappa shape index (κ2) is 8.35. The first-order chi connectivity index (χ1) is 16.2. The van der Waals surface area contributed by atoms with E-state index < -0.39 is 26.5 Å². The molecule has 2 saturated carbocycles. The van der Waals surface area contributed by atoms with Gasteiger partial charge >= 0.3 is 0 Å². The number of hydrogen-bond donors (Lipinski definition) is 2. The number of aryl methyl sites for hydroxylation is 1. The molecule has 3 aliphatic rings. The molecule has 11 heteroatoms. The molecule has 2 amide bonds. The minimum Gasteiger partial charge on any atom is -0.394 e. The monoisotopic (exact) mass is 506 g/mol. The average Bonchev–Trinajstić information content (AvgIpc) is 3.73. The van der Waals surface area contributed by atoms with Crippen LogP contribution in [0.5, 0.6) is 0 Å². The van der Waals surface area contributed by atoms with Crippen molar-refractivity contribution >= 4 is 33.3 Å². The number of amides is 2. The maximum atomic E-state index is 13.3. The Hall–Kier alpha value is -2.43. The van der Waals surface area contributed by atoms with Crippen LogP contribution in [-0.2, 0) is 23.3 Å². The minimum absolute atomic E-state index is 0.143. The Morgan fingerprint density at radius 1 is 1.29 bits per heavy atom. The third kappa shape index (κ3) is 3.91. The van der Waals surface area contributed by atoms with Crippen LogP contribution < -0.4 is 5.32 Å². The van der Waals surface area contributed by atoms with Gasteiger partial charge in [-0.2, -0.15) is 5.10 Å². The van der Waals surface area contributed by atoms with Gasteiger partial charge in [-0.1, -0.05) is 23.7 Å². The molecule has 2 N–H and O–H groups in total. The molecule has 2 heterocycles. The van der Waals surface area contributed by atoms with Crippen LogP contribution >= 0.6 is 11.6 Å². The predicted octanol–water partition coefficient (Wildman–Crippen LogP) is 1.64. The number of sulfone groups is 1. The summed E-state index contributed by atoms with van der Waals surface area (Å²) in [6, 6.07) is 6.15. The number of carbonyl (C=O) groups excluding carboxylic acids is 2. The number of benzene rings is 1. The summed E-state index contributed by atoms with van der Waals surface area (Å²) in [7, 11) is -1.63. The second-order valence-electron chi connectivity index (χ2n) is 9.46. The van der Waals surface area contributed by atoms with E-state index in [0.29, 0.717) is 60.5 Å². The van der Waals surface area contributed by atoms with Crippen molar-refractivity contribution in [2.45, 2.75) is 48.1 Å². The third-order valence-corrected chi connectivity index (χ3v) is 10.4. The maximum Gasteiger partial charge on any atom is 0.272 e. The van der Waals surface area contributed by atoms with E-state index in [9.17, 15) is 23.1 Å². The quantitative estimate of drug-likeness (QED) is 0.561. The summed E-state index contributed by atoms with van der Waals surface area (Å²) in [6.07, 6.45) is 3.02. The van der Waals surface area contributed by atoms with Crippen molar-refractivity contribution in [3.05, 3.63) is 51.8 Å². The normalized spacial score (nSPS) is 20.1. The average molecular weight is 507 g/mol. The zero-order chi connectivity index (χ0) is 24.3. The van der Waals surface area contributed by atoms with Gasteiger partial charge in [-0.15, -0.1) is 0 Å². The van der Waals surface area contributed by atoms with Crippen LogP contribution in [0.15, 0.2) is 24.3 Å². The number of halogens is 1. The Morgan fingerprint density at radius 3 is 2.56 bits per heavy atom. The molecule has 0 spiro atoms. The van der Waals surface area contributed by atoms with Crippen molar-refractivity contribution in [3.8, 4) is 0 Å². The summed E-state index contributed by atoms with van der Waals surface area (Å²) in [5.41, 5.74) is 1.69. The highest BCUT2D eigenvalue weighted by Crippen LogP contribution is 2.50. The van der Waals surface area contributed by atoms with Gasteiger partial charge in [-0.3, -0.25) is 14.3 Å². The number of carbonyl (C=O) groups is 2. The van der Waals surface area contributed by atoms with E-state index in [2.05, 4.69) is 10.4 Å². The molecule has 0 bridgehead atoms. The zero-order valence-electron chi connectivity index (χ0n) is 18.8. The lowest BCUT2D eigenvalue weighted by Gasteiger charge is -2.31. The molecular formula is C23H27ClN4O5S. The highest BCUT2D eigenvalue weighted by Gasteiger charge is 2.60. The number of nitrogens with one attached hydrogen (secondary N) is 1. The smallest absolute Gasteiger partial charge is 0.272 e. The number of aromatic nitrogens is 2. The number of fused-ring (bicyclic) bond motifs is 1. The lowest BCUT2D eigenvalue weighted by Crippen LogP contribution is -2.46. The fourth-order valence-corrected chi connectivity index (χ4v) is 7.41. The van der Waals surface area contributed by atoms with Gasteiger partial charge in [-0.05, 0) is 49.8 Å². The van der Waals surface area contributed by atoms with Crippen LogP contribution in [0.4, 0.5) is 0 Å². The lowest BCUT2D eigenvalue weighted by atomic mass is 10.0. The van der Waals surface area contributed by atoms with Crippen LogP contribution in [0, 0.1) is 0 Å². The first-order valence-corrected chi connectivity index (χ1v) is 13.3. The molecule has 1 aromatic heterocycles. The standard InChI is InChI=1S/C23H27ClN4O5S/c1-27-20-17(19(26-27)21(30)25-18(12-29)14-2-4-15(24)5-3-14)8-11-28(22(20)31)13-23(9-10-23)34(32,33)16-6-7-16/h2-5,16,18,29H,6-13H2,1H3,(H,25,30). The lowest BCUT2D eigenvalue weighted by molar-refractivity contribution is 0.0724. The van der Waals surface area contributed by atoms with Crippen molar-refractivity contribution in [2.75, 3.05) is 19.7 Å². The first kappa shape index (κ1) is 23.3. The number of hydrogen-bond acceptors (Lipinski definition) is 6. The number of nitrogens with zero attached hydrogens (tertiary/aromatic N) is 3. The number of rotatable bonds is 8. The van der Waals surface area contributed by atoms with Gasteiger partial charge in [0.25, 0.3) is 11.8 Å². The molecule has 1 aliphatic heterocycles. The van der Waals surface area contributed by atoms with Crippen LogP contribution in [0.3, 0.4) is 0 Å². The van der Waals surface area contributed by atoms with E-state index in [1.165, 1.54) is 4.68 Å². The Labute approximate surface area is 203 Å². The summed E-state index contributed by atoms with van der Waals surface area (Å²) >= 11 is 5.92. The van der Waals surface area contributed by atoms with Crippen molar-refractivity contribution in [1.29, 1.82) is 0 Å². The summed E-state index contributed by atoms with van der Waals surface area (Å²) in [6.45, 7) is 0.215. The summed E-state index contributed by atoms with van der Waals surface area (Å²) < 4.78 is 26.4. The Morgan fingerprint density at radius 2 is 1.97 bits per heavy atom. The van der Waals surface area contributed by atoms with Gasteiger partial charge < -0.3 is 15.3 Å². The minimum atomic E-state index is -3.23. The van der Waals surface area contributed by atoms with Gasteiger partial charge in [0.2, 0.25) is 0 Å². The van der Waals surface area contributed by atoms with Gasteiger partial charge in [0.05, 0.1) is 22.6 Å². The Balaban J connectivity index is 1.34. The summed E-state index contributed by atoms with van der Waals surface area (Å²) in [5, 5.41) is 17.2. The second-order valence-corrected chi connectivity index (χ2v) is 12.5. The molecule has 2 aliphatic carbocycles. The van der Waals surface area contributed by atoms with Crippen molar-refractivity contribution in [2.24, 2.45) is 7.05 Å². The molecule has 0 saturated heterocycles. The molecule has 5 rings (SSSR count). The molecule has 0 radical (unpaired) electrons. The molecule has 1 unspecified atom stereocenters. The molecular weight excluding hydrogens is 480 g/mol. The molecule has 2 fully saturated rings.